The number of hydrogen-bond acceptors (Lipinski definition) is 15. The molecule has 100 heavy (non-hydrogen) atoms. The first-order valence-electron chi connectivity index (χ1n) is 41.8. The van der Waals surface area contributed by atoms with Gasteiger partial charge in [-0.15, -0.1) is 0 Å². The Morgan fingerprint density at radius 3 is 0.710 bits per heavy atom. The number of carbonyl (C=O) groups is 4. The maximum absolute atomic E-state index is 13.1. The van der Waals surface area contributed by atoms with Gasteiger partial charge in [-0.1, -0.05) is 364 Å². The van der Waals surface area contributed by atoms with Crippen LogP contribution in [0.4, 0.5) is 0 Å². The van der Waals surface area contributed by atoms with Gasteiger partial charge in [0, 0.05) is 25.7 Å². The molecule has 0 fully saturated rings. The first kappa shape index (κ1) is 98.1. The Morgan fingerprint density at radius 1 is 0.280 bits per heavy atom. The summed E-state index contributed by atoms with van der Waals surface area (Å²) in [6, 6.07) is 0. The van der Waals surface area contributed by atoms with Crippen LogP contribution in [0.3, 0.4) is 0 Å². The van der Waals surface area contributed by atoms with E-state index in [1.54, 1.807) is 0 Å². The zero-order valence-corrected chi connectivity index (χ0v) is 67.6. The van der Waals surface area contributed by atoms with Gasteiger partial charge in [0.2, 0.25) is 0 Å². The lowest BCUT2D eigenvalue weighted by molar-refractivity contribution is -0.161. The number of unbranched alkanes of at least 4 members (excludes halogenated alkanes) is 41. The molecule has 0 aliphatic carbocycles. The topological polar surface area (TPSA) is 237 Å². The molecule has 0 bridgehead atoms. The summed E-state index contributed by atoms with van der Waals surface area (Å²) >= 11 is 0. The lowest BCUT2D eigenvalue weighted by atomic mass is 9.99. The van der Waals surface area contributed by atoms with E-state index in [0.29, 0.717) is 25.7 Å². The molecule has 0 saturated carbocycles. The Hall–Kier alpha value is -1.94. The minimum absolute atomic E-state index is 0.102. The fourth-order valence-electron chi connectivity index (χ4n) is 12.3. The van der Waals surface area contributed by atoms with E-state index in [9.17, 15) is 43.2 Å². The van der Waals surface area contributed by atoms with E-state index in [-0.39, 0.29) is 25.7 Å². The predicted octanol–water partition coefficient (Wildman–Crippen LogP) is 24.0. The molecule has 0 radical (unpaired) electrons. The van der Waals surface area contributed by atoms with Gasteiger partial charge >= 0.3 is 39.5 Å². The van der Waals surface area contributed by atoms with Crippen LogP contribution in [0.25, 0.3) is 0 Å². The number of rotatable bonds is 78. The summed E-state index contributed by atoms with van der Waals surface area (Å²) < 4.78 is 68.6. The van der Waals surface area contributed by atoms with Crippen LogP contribution in [0.2, 0.25) is 0 Å². The Kier molecular flexibility index (Phi) is 68.7. The van der Waals surface area contributed by atoms with Gasteiger partial charge in [-0.2, -0.15) is 0 Å². The number of aliphatic hydroxyl groups is 1. The lowest BCUT2D eigenvalue weighted by Crippen LogP contribution is -2.30. The molecule has 17 nitrogen and oxygen atoms in total. The molecule has 0 aromatic heterocycles. The number of phosphoric ester groups is 2. The number of phosphoric acid groups is 2. The van der Waals surface area contributed by atoms with E-state index in [4.69, 9.17) is 37.0 Å². The van der Waals surface area contributed by atoms with Crippen LogP contribution in [-0.4, -0.2) is 96.7 Å². The zero-order chi connectivity index (χ0) is 73.8. The van der Waals surface area contributed by atoms with E-state index in [0.717, 1.165) is 120 Å². The van der Waals surface area contributed by atoms with Crippen molar-refractivity contribution in [2.24, 2.45) is 23.7 Å². The van der Waals surface area contributed by atoms with Crippen LogP contribution >= 0.6 is 15.6 Å². The monoisotopic (exact) mass is 1470 g/mol. The summed E-state index contributed by atoms with van der Waals surface area (Å²) in [7, 11) is -9.92. The van der Waals surface area contributed by atoms with E-state index in [1.807, 2.05) is 0 Å². The molecular formula is C81H158O17P2. The van der Waals surface area contributed by atoms with Crippen molar-refractivity contribution in [1.29, 1.82) is 0 Å². The van der Waals surface area contributed by atoms with Crippen molar-refractivity contribution in [3.63, 3.8) is 0 Å². The highest BCUT2D eigenvalue weighted by Crippen LogP contribution is 2.45. The summed E-state index contributed by atoms with van der Waals surface area (Å²) in [6.45, 7) is 14.2. The van der Waals surface area contributed by atoms with Crippen LogP contribution < -0.4 is 0 Å². The van der Waals surface area contributed by atoms with Crippen molar-refractivity contribution < 1.29 is 80.2 Å². The number of carbonyl (C=O) groups excluding carboxylic acids is 4. The van der Waals surface area contributed by atoms with Gasteiger partial charge in [-0.3, -0.25) is 37.3 Å². The van der Waals surface area contributed by atoms with E-state index in [2.05, 4.69) is 55.4 Å². The van der Waals surface area contributed by atoms with Gasteiger partial charge in [0.05, 0.1) is 26.4 Å². The summed E-state index contributed by atoms with van der Waals surface area (Å²) in [4.78, 5) is 72.9. The van der Waals surface area contributed by atoms with Gasteiger partial charge in [0.25, 0.3) is 0 Å². The van der Waals surface area contributed by atoms with Crippen LogP contribution in [-0.2, 0) is 65.4 Å². The molecule has 0 amide bonds. The summed E-state index contributed by atoms with van der Waals surface area (Å²) in [6.07, 6.45) is 57.1. The fraction of sp³-hybridized carbons (Fsp3) is 0.951. The molecule has 0 aliphatic rings. The molecule has 0 spiro atoms. The molecule has 0 aliphatic heterocycles. The Bertz CT molecular complexity index is 1960. The second-order valence-electron chi connectivity index (χ2n) is 30.4. The van der Waals surface area contributed by atoms with Crippen molar-refractivity contribution >= 4 is 39.5 Å². The molecule has 0 saturated heterocycles. The number of hydrogen-bond donors (Lipinski definition) is 3. The van der Waals surface area contributed by atoms with Crippen LogP contribution in [0.5, 0.6) is 0 Å². The first-order chi connectivity index (χ1) is 48.2. The quantitative estimate of drug-likeness (QED) is 0.0222. The van der Waals surface area contributed by atoms with Gasteiger partial charge in [-0.25, -0.2) is 9.13 Å². The third kappa shape index (κ3) is 70.4. The first-order valence-corrected chi connectivity index (χ1v) is 44.8. The molecule has 0 aromatic carbocycles. The minimum Gasteiger partial charge on any atom is -0.462 e. The van der Waals surface area contributed by atoms with E-state index < -0.39 is 97.5 Å². The van der Waals surface area contributed by atoms with E-state index >= 15 is 0 Å². The molecule has 0 rings (SSSR count). The number of aliphatic hydroxyl groups excluding tert-OH is 1. The Balaban J connectivity index is 5.19. The van der Waals surface area contributed by atoms with Gasteiger partial charge in [-0.05, 0) is 49.4 Å². The van der Waals surface area contributed by atoms with Crippen molar-refractivity contribution in [3.05, 3.63) is 0 Å². The summed E-state index contributed by atoms with van der Waals surface area (Å²) in [5, 5.41) is 10.6. The smallest absolute Gasteiger partial charge is 0.462 e. The van der Waals surface area contributed by atoms with Crippen molar-refractivity contribution in [1.82, 2.24) is 0 Å². The van der Waals surface area contributed by atoms with E-state index in [1.165, 1.54) is 212 Å². The summed E-state index contributed by atoms with van der Waals surface area (Å²) in [5.74, 6) is 1.01. The average molecular weight is 1470 g/mol. The standard InChI is InChI=1S/C81H158O17P2/c1-9-72(6)58-50-42-34-30-26-22-18-14-12-13-15-19-23-27-31-35-45-53-61-78(83)91-67-76(97-80(85)63-55-47-36-32-28-24-20-16-17-21-25-29-33-41-49-57-71(4)5)69-95-99(87,88)93-65-75(82)66-94-100(89,90)96-70-77(98-81(86)64-56-48-40-38-44-52-60-74(8)11-3)68-92-79(84)62-54-46-39-37-43-51-59-73(7)10-2/h71-77,82H,9-70H2,1-8H3,(H,87,88)(H,89,90)/t72?,73?,74?,75-,76-,77-/m1/s1. The molecule has 0 heterocycles. The Labute approximate surface area is 613 Å². The highest BCUT2D eigenvalue weighted by atomic mass is 31.2. The SMILES string of the molecule is CCC(C)CCCCCCCCCCCCCCCCCCCCC(=O)OC[C@H](COP(=O)(O)OC[C@@H](O)COP(=O)(O)OC[C@@H](COC(=O)CCCCCCCCC(C)CC)OC(=O)CCCCCCCCC(C)CC)OC(=O)CCCCCCCCCCCCCCCCCC(C)C. The van der Waals surface area contributed by atoms with Crippen molar-refractivity contribution in [3.8, 4) is 0 Å². The third-order valence-electron chi connectivity index (χ3n) is 19.9. The molecule has 0 aromatic rings. The average Bonchev–Trinajstić information content (AvgIpc) is 0.970. The summed E-state index contributed by atoms with van der Waals surface area (Å²) in [5.41, 5.74) is 0. The highest BCUT2D eigenvalue weighted by Gasteiger charge is 2.30. The zero-order valence-electron chi connectivity index (χ0n) is 65.8. The fourth-order valence-corrected chi connectivity index (χ4v) is 13.9. The van der Waals surface area contributed by atoms with Crippen LogP contribution in [0, 0.1) is 23.7 Å². The second kappa shape index (κ2) is 70.1. The maximum atomic E-state index is 13.1. The molecule has 8 atom stereocenters. The normalized spacial score (nSPS) is 14.8. The molecule has 19 heteroatoms. The maximum Gasteiger partial charge on any atom is 0.472 e. The lowest BCUT2D eigenvalue weighted by Gasteiger charge is -2.21. The van der Waals surface area contributed by atoms with Crippen molar-refractivity contribution in [2.45, 2.75) is 433 Å². The van der Waals surface area contributed by atoms with Crippen molar-refractivity contribution in [2.75, 3.05) is 39.6 Å². The predicted molar refractivity (Wildman–Crippen MR) is 409 cm³/mol. The number of ether oxygens (including phenoxy) is 4. The second-order valence-corrected chi connectivity index (χ2v) is 33.3. The largest absolute Gasteiger partial charge is 0.472 e. The molecule has 5 unspecified atom stereocenters. The molecule has 594 valence electrons. The van der Waals surface area contributed by atoms with Gasteiger partial charge in [0.15, 0.2) is 12.2 Å². The molecular weight excluding hydrogens is 1310 g/mol. The number of esters is 4. The Morgan fingerprint density at radius 2 is 0.480 bits per heavy atom. The third-order valence-corrected chi connectivity index (χ3v) is 21.8. The highest BCUT2D eigenvalue weighted by molar-refractivity contribution is 7.47. The van der Waals surface area contributed by atoms with Gasteiger partial charge in [0.1, 0.15) is 19.3 Å². The van der Waals surface area contributed by atoms with Crippen LogP contribution in [0.15, 0.2) is 0 Å². The van der Waals surface area contributed by atoms with Crippen LogP contribution in [0.1, 0.15) is 415 Å². The minimum atomic E-state index is -4.96. The molecule has 3 N–H and O–H groups in total. The van der Waals surface area contributed by atoms with Gasteiger partial charge < -0.3 is 33.8 Å².